The highest BCUT2D eigenvalue weighted by Crippen LogP contribution is 2.27. The van der Waals surface area contributed by atoms with Crippen LogP contribution in [-0.2, 0) is 26.0 Å². The molecule has 1 heterocycles. The minimum atomic E-state index is -5.08. The molecule has 0 radical (unpaired) electrons. The lowest BCUT2D eigenvalue weighted by atomic mass is 10.0. The van der Waals surface area contributed by atoms with E-state index in [1.54, 1.807) is 30.3 Å². The van der Waals surface area contributed by atoms with Gasteiger partial charge in [0, 0.05) is 22.8 Å². The first-order chi connectivity index (χ1) is 13.8. The number of carboxylic acid groups (broad SMARTS) is 1. The Balaban J connectivity index is 0.000000396. The molecule has 0 unspecified atom stereocenters. The third-order valence-electron chi connectivity index (χ3n) is 3.94. The molecule has 30 heavy (non-hydrogen) atoms. The minimum Gasteiger partial charge on any atom is -0.475 e. The van der Waals surface area contributed by atoms with Crippen LogP contribution in [0.25, 0.3) is 0 Å². The predicted octanol–water partition coefficient (Wildman–Crippen LogP) is 3.97. The summed E-state index contributed by atoms with van der Waals surface area (Å²) < 4.78 is 59.3. The van der Waals surface area contributed by atoms with Crippen LogP contribution in [0.15, 0.2) is 41.3 Å². The molecule has 1 amide bonds. The van der Waals surface area contributed by atoms with E-state index in [1.165, 1.54) is 6.07 Å². The third kappa shape index (κ3) is 6.10. The number of rotatable bonds is 3. The van der Waals surface area contributed by atoms with Crippen molar-refractivity contribution in [3.63, 3.8) is 0 Å². The van der Waals surface area contributed by atoms with E-state index in [0.717, 1.165) is 11.1 Å². The largest absolute Gasteiger partial charge is 0.490 e. The van der Waals surface area contributed by atoms with Gasteiger partial charge in [0.15, 0.2) is 0 Å². The number of aliphatic carboxylic acids is 1. The summed E-state index contributed by atoms with van der Waals surface area (Å²) in [4.78, 5) is 20.4. The fraction of sp³-hybridized carbons (Fsp3) is 0.222. The zero-order valence-corrected chi connectivity index (χ0v) is 17.0. The Morgan fingerprint density at radius 1 is 1.17 bits per heavy atom. The molecule has 0 aliphatic carbocycles. The second-order valence-electron chi connectivity index (χ2n) is 6.24. The summed E-state index contributed by atoms with van der Waals surface area (Å²) in [5, 5.41) is 10.4. The molecule has 162 valence electrons. The lowest BCUT2D eigenvalue weighted by Crippen LogP contribution is -2.21. The normalized spacial score (nSPS) is 13.4. The number of carbonyl (C=O) groups excluding carboxylic acids is 1. The van der Waals surface area contributed by atoms with Crippen molar-refractivity contribution in [2.24, 2.45) is 0 Å². The van der Waals surface area contributed by atoms with E-state index in [4.69, 9.17) is 21.5 Å². The Labute approximate surface area is 174 Å². The zero-order chi connectivity index (χ0) is 22.7. The zero-order valence-electron chi connectivity index (χ0n) is 15.4. The van der Waals surface area contributed by atoms with E-state index in [9.17, 15) is 26.4 Å². The number of carbonyl (C=O) groups is 2. The molecule has 3 N–H and O–H groups in total. The molecule has 3 rings (SSSR count). The maximum atomic E-state index is 12.5. The molecule has 12 heteroatoms. The van der Waals surface area contributed by atoms with Gasteiger partial charge in [0.05, 0.1) is 4.90 Å². The van der Waals surface area contributed by atoms with Crippen molar-refractivity contribution in [1.29, 1.82) is 0 Å². The Morgan fingerprint density at radius 3 is 2.37 bits per heavy atom. The number of hydrogen-bond acceptors (Lipinski definition) is 4. The van der Waals surface area contributed by atoms with Crippen LogP contribution in [0.2, 0.25) is 5.02 Å². The molecule has 0 saturated heterocycles. The van der Waals surface area contributed by atoms with Crippen molar-refractivity contribution in [3.8, 4) is 0 Å². The highest BCUT2D eigenvalue weighted by molar-refractivity contribution is 7.92. The second kappa shape index (κ2) is 8.92. The molecule has 1 aliphatic rings. The molecule has 0 aromatic heterocycles. The molecular weight excluding hydrogens is 449 g/mol. The lowest BCUT2D eigenvalue weighted by molar-refractivity contribution is -0.192. The Hall–Kier alpha value is -2.79. The average molecular weight is 465 g/mol. The molecule has 1 aliphatic heterocycles. The number of anilines is 2. The molecule has 0 saturated carbocycles. The summed E-state index contributed by atoms with van der Waals surface area (Å²) in [7, 11) is -3.70. The number of aryl methyl sites for hydroxylation is 2. The van der Waals surface area contributed by atoms with Crippen molar-refractivity contribution in [2.45, 2.75) is 30.8 Å². The first kappa shape index (κ1) is 23.5. The third-order valence-corrected chi connectivity index (χ3v) is 5.74. The monoisotopic (exact) mass is 464 g/mol. The van der Waals surface area contributed by atoms with E-state index in [1.807, 2.05) is 6.92 Å². The topological polar surface area (TPSA) is 113 Å². The van der Waals surface area contributed by atoms with Crippen molar-refractivity contribution < 1.29 is 36.3 Å². The van der Waals surface area contributed by atoms with E-state index < -0.39 is 22.2 Å². The number of sulfonamides is 1. The van der Waals surface area contributed by atoms with Crippen LogP contribution in [0.1, 0.15) is 17.5 Å². The highest BCUT2D eigenvalue weighted by Gasteiger charge is 2.38. The SMILES string of the molecule is Cc1cc(NS(=O)(=O)c2ccc3c(c2)CCC(=O)N3)ccc1Cl.O=C(O)C(F)(F)F. The Bertz CT molecular complexity index is 1090. The Morgan fingerprint density at radius 2 is 1.80 bits per heavy atom. The van der Waals surface area contributed by atoms with Gasteiger partial charge in [-0.2, -0.15) is 13.2 Å². The van der Waals surface area contributed by atoms with Crippen molar-refractivity contribution in [1.82, 2.24) is 0 Å². The average Bonchev–Trinajstić information content (AvgIpc) is 2.63. The van der Waals surface area contributed by atoms with Gasteiger partial charge in [-0.3, -0.25) is 9.52 Å². The Kier molecular flexibility index (Phi) is 6.99. The quantitative estimate of drug-likeness (QED) is 0.636. The first-order valence-corrected chi connectivity index (χ1v) is 10.2. The fourth-order valence-corrected chi connectivity index (χ4v) is 3.67. The smallest absolute Gasteiger partial charge is 0.475 e. The van der Waals surface area contributed by atoms with Crippen LogP contribution in [0.4, 0.5) is 24.5 Å². The summed E-state index contributed by atoms with van der Waals surface area (Å²) in [5.74, 6) is -2.81. The lowest BCUT2D eigenvalue weighted by Gasteiger charge is -2.18. The van der Waals surface area contributed by atoms with Crippen LogP contribution in [-0.4, -0.2) is 31.6 Å². The number of hydrogen-bond donors (Lipinski definition) is 3. The van der Waals surface area contributed by atoms with Gasteiger partial charge in [-0.15, -0.1) is 0 Å². The van der Waals surface area contributed by atoms with Gasteiger partial charge in [-0.05, 0) is 60.9 Å². The molecule has 0 bridgehead atoms. The van der Waals surface area contributed by atoms with E-state index >= 15 is 0 Å². The number of carboxylic acids is 1. The van der Waals surface area contributed by atoms with Gasteiger partial charge < -0.3 is 10.4 Å². The van der Waals surface area contributed by atoms with Crippen molar-refractivity contribution in [2.75, 3.05) is 10.0 Å². The van der Waals surface area contributed by atoms with Crippen LogP contribution < -0.4 is 10.0 Å². The second-order valence-corrected chi connectivity index (χ2v) is 8.33. The van der Waals surface area contributed by atoms with Crippen LogP contribution in [0, 0.1) is 6.92 Å². The predicted molar refractivity (Wildman–Crippen MR) is 104 cm³/mol. The van der Waals surface area contributed by atoms with Crippen LogP contribution in [0.5, 0.6) is 0 Å². The molecule has 7 nitrogen and oxygen atoms in total. The number of fused-ring (bicyclic) bond motifs is 1. The molecule has 0 spiro atoms. The first-order valence-electron chi connectivity index (χ1n) is 8.31. The summed E-state index contributed by atoms with van der Waals surface area (Å²) in [6.45, 7) is 1.81. The van der Waals surface area contributed by atoms with E-state index in [0.29, 0.717) is 29.2 Å². The van der Waals surface area contributed by atoms with E-state index in [-0.39, 0.29) is 10.8 Å². The summed E-state index contributed by atoms with van der Waals surface area (Å²) in [5.41, 5.74) is 2.74. The number of amides is 1. The maximum Gasteiger partial charge on any atom is 0.490 e. The number of alkyl halides is 3. The summed E-state index contributed by atoms with van der Waals surface area (Å²) in [6, 6.07) is 9.64. The summed E-state index contributed by atoms with van der Waals surface area (Å²) in [6.07, 6.45) is -4.19. The van der Waals surface area contributed by atoms with Crippen molar-refractivity contribution >= 4 is 44.9 Å². The number of nitrogens with one attached hydrogen (secondary N) is 2. The molecule has 2 aromatic carbocycles. The fourth-order valence-electron chi connectivity index (χ4n) is 2.45. The maximum absolute atomic E-state index is 12.5. The molecule has 0 atom stereocenters. The van der Waals surface area contributed by atoms with Gasteiger partial charge in [0.1, 0.15) is 0 Å². The minimum absolute atomic E-state index is 0.0529. The number of halogens is 4. The van der Waals surface area contributed by atoms with Gasteiger partial charge in [0.25, 0.3) is 10.0 Å². The van der Waals surface area contributed by atoms with E-state index in [2.05, 4.69) is 10.0 Å². The standard InChI is InChI=1S/C16H15ClN2O3S.C2HF3O2/c1-10-8-12(3-5-14(10)17)19-23(21,22)13-4-6-15-11(9-13)2-7-16(20)18-15;3-2(4,5)1(6)7/h3-6,8-9,19H,2,7H2,1H3,(H,18,20);(H,6,7). The van der Waals surface area contributed by atoms with Crippen LogP contribution in [0.3, 0.4) is 0 Å². The van der Waals surface area contributed by atoms with Crippen molar-refractivity contribution in [3.05, 3.63) is 52.5 Å². The molecular formula is C18H16ClF3N2O5S. The van der Waals surface area contributed by atoms with Gasteiger partial charge in [0.2, 0.25) is 5.91 Å². The van der Waals surface area contributed by atoms with Crippen LogP contribution >= 0.6 is 11.6 Å². The van der Waals surface area contributed by atoms with Gasteiger partial charge >= 0.3 is 12.1 Å². The summed E-state index contributed by atoms with van der Waals surface area (Å²) >= 11 is 5.95. The molecule has 0 fully saturated rings. The highest BCUT2D eigenvalue weighted by atomic mass is 35.5. The number of benzene rings is 2. The van der Waals surface area contributed by atoms with Gasteiger partial charge in [-0.25, -0.2) is 13.2 Å². The van der Waals surface area contributed by atoms with Gasteiger partial charge in [-0.1, -0.05) is 11.6 Å². The molecule has 2 aromatic rings.